The second kappa shape index (κ2) is 3.97. The smallest absolute Gasteiger partial charge is 0.304 e. The average molecular weight is 209 g/mol. The summed E-state index contributed by atoms with van der Waals surface area (Å²) in [5, 5.41) is 5.44. The van der Waals surface area contributed by atoms with Crippen LogP contribution in [0.5, 0.6) is 0 Å². The predicted octanol–water partition coefficient (Wildman–Crippen LogP) is 1.42. The summed E-state index contributed by atoms with van der Waals surface area (Å²) in [6.45, 7) is 1.82. The Labute approximate surface area is 78.2 Å². The Hall–Kier alpha value is -1.08. The zero-order valence-electron chi connectivity index (χ0n) is 7.43. The van der Waals surface area contributed by atoms with Crippen LogP contribution >= 0.6 is 0 Å². The van der Waals surface area contributed by atoms with Gasteiger partial charge in [0.25, 0.3) is 0 Å². The highest BCUT2D eigenvalue weighted by Crippen LogP contribution is 2.29. The highest BCUT2D eigenvalue weighted by Gasteiger charge is 2.34. The maximum absolute atomic E-state index is 12.1. The van der Waals surface area contributed by atoms with Gasteiger partial charge in [-0.2, -0.15) is 18.3 Å². The van der Waals surface area contributed by atoms with Gasteiger partial charge in [-0.15, -0.1) is 0 Å². The average Bonchev–Trinajstić information content (AvgIpc) is 2.51. The lowest BCUT2D eigenvalue weighted by atomic mass is 10.1. The highest BCUT2D eigenvalue weighted by atomic mass is 19.4. The summed E-state index contributed by atoms with van der Waals surface area (Å²) in [5.74, 6) is 4.56. The molecule has 0 aliphatic carbocycles. The number of nitrogens with two attached hydrogens (primary N) is 1. The summed E-state index contributed by atoms with van der Waals surface area (Å²) in [7, 11) is 0. The summed E-state index contributed by atoms with van der Waals surface area (Å²) < 4.78 is 36.3. The standard InChI is InChI=1S/C7H10F3N3O/c1-4(3-14-11)5-2-6(13-12-5)7(8,9)10/h2,4H,3,11H2,1H3,(H,12,13). The number of H-pyrrole nitrogens is 1. The van der Waals surface area contributed by atoms with Gasteiger partial charge < -0.3 is 4.84 Å². The molecule has 80 valence electrons. The van der Waals surface area contributed by atoms with Gasteiger partial charge in [0.1, 0.15) is 0 Å². The normalized spacial score (nSPS) is 14.4. The Kier molecular flexibility index (Phi) is 3.12. The maximum atomic E-state index is 12.1. The van der Waals surface area contributed by atoms with Crippen molar-refractivity contribution in [3.8, 4) is 0 Å². The quantitative estimate of drug-likeness (QED) is 0.740. The number of alkyl halides is 3. The Balaban J connectivity index is 2.78. The summed E-state index contributed by atoms with van der Waals surface area (Å²) in [6.07, 6.45) is -4.42. The van der Waals surface area contributed by atoms with Crippen LogP contribution in [0.1, 0.15) is 24.2 Å². The van der Waals surface area contributed by atoms with E-state index < -0.39 is 11.9 Å². The third-order valence-electron chi connectivity index (χ3n) is 1.77. The first-order valence-electron chi connectivity index (χ1n) is 3.89. The molecule has 1 rings (SSSR count). The van der Waals surface area contributed by atoms with Gasteiger partial charge in [0, 0.05) is 11.6 Å². The summed E-state index contributed by atoms with van der Waals surface area (Å²) in [6, 6.07) is 0.948. The maximum Gasteiger partial charge on any atom is 0.435 e. The van der Waals surface area contributed by atoms with Crippen LogP contribution in [0.4, 0.5) is 13.2 Å². The fourth-order valence-electron chi connectivity index (χ4n) is 0.968. The fraction of sp³-hybridized carbons (Fsp3) is 0.571. The molecule has 14 heavy (non-hydrogen) atoms. The molecular formula is C7H10F3N3O. The van der Waals surface area contributed by atoms with Crippen LogP contribution in [-0.2, 0) is 11.0 Å². The molecule has 4 nitrogen and oxygen atoms in total. The summed E-state index contributed by atoms with van der Waals surface area (Å²) in [4.78, 5) is 4.32. The molecule has 1 aromatic rings. The van der Waals surface area contributed by atoms with E-state index in [1.165, 1.54) is 0 Å². The number of rotatable bonds is 3. The lowest BCUT2D eigenvalue weighted by Gasteiger charge is -2.05. The van der Waals surface area contributed by atoms with Crippen molar-refractivity contribution in [2.75, 3.05) is 6.61 Å². The van der Waals surface area contributed by atoms with E-state index in [1.807, 2.05) is 0 Å². The van der Waals surface area contributed by atoms with Crippen molar-refractivity contribution in [1.82, 2.24) is 10.2 Å². The van der Waals surface area contributed by atoms with E-state index in [2.05, 4.69) is 15.0 Å². The first-order chi connectivity index (χ1) is 6.45. The molecule has 0 saturated heterocycles. The largest absolute Gasteiger partial charge is 0.435 e. The molecule has 0 bridgehead atoms. The minimum atomic E-state index is -4.42. The van der Waals surface area contributed by atoms with E-state index in [4.69, 9.17) is 5.90 Å². The molecule has 1 unspecified atom stereocenters. The minimum absolute atomic E-state index is 0.138. The van der Waals surface area contributed by atoms with Gasteiger partial charge in [0.15, 0.2) is 5.69 Å². The van der Waals surface area contributed by atoms with Crippen LogP contribution in [0.2, 0.25) is 0 Å². The third-order valence-corrected chi connectivity index (χ3v) is 1.77. The molecule has 0 aliphatic rings. The molecule has 0 radical (unpaired) electrons. The molecule has 1 heterocycles. The number of nitrogens with one attached hydrogen (secondary N) is 1. The van der Waals surface area contributed by atoms with Gasteiger partial charge in [-0.25, -0.2) is 5.90 Å². The van der Waals surface area contributed by atoms with E-state index in [-0.39, 0.29) is 12.5 Å². The molecule has 0 aliphatic heterocycles. The number of aromatic nitrogens is 2. The number of hydrogen-bond acceptors (Lipinski definition) is 3. The second-order valence-corrected chi connectivity index (χ2v) is 2.94. The molecule has 0 spiro atoms. The van der Waals surface area contributed by atoms with Crippen molar-refractivity contribution in [2.24, 2.45) is 5.90 Å². The Morgan fingerprint density at radius 2 is 2.29 bits per heavy atom. The zero-order valence-corrected chi connectivity index (χ0v) is 7.43. The van der Waals surface area contributed by atoms with Crippen LogP contribution in [0, 0.1) is 0 Å². The first-order valence-corrected chi connectivity index (χ1v) is 3.89. The number of nitrogens with zero attached hydrogens (tertiary/aromatic N) is 1. The van der Waals surface area contributed by atoms with Gasteiger partial charge >= 0.3 is 6.18 Å². The van der Waals surface area contributed by atoms with Gasteiger partial charge in [0.05, 0.1) is 6.61 Å². The molecule has 0 amide bonds. The molecule has 1 atom stereocenters. The molecule has 7 heteroatoms. The second-order valence-electron chi connectivity index (χ2n) is 2.94. The van der Waals surface area contributed by atoms with E-state index in [9.17, 15) is 13.2 Å². The lowest BCUT2D eigenvalue weighted by molar-refractivity contribution is -0.141. The van der Waals surface area contributed by atoms with Crippen molar-refractivity contribution < 1.29 is 18.0 Å². The lowest BCUT2D eigenvalue weighted by Crippen LogP contribution is -2.08. The van der Waals surface area contributed by atoms with E-state index in [0.717, 1.165) is 6.07 Å². The van der Waals surface area contributed by atoms with Crippen LogP contribution in [-0.4, -0.2) is 16.8 Å². The number of halogens is 3. The zero-order chi connectivity index (χ0) is 10.8. The number of hydrogen-bond donors (Lipinski definition) is 2. The topological polar surface area (TPSA) is 63.9 Å². The van der Waals surface area contributed by atoms with E-state index in [1.54, 1.807) is 6.92 Å². The summed E-state index contributed by atoms with van der Waals surface area (Å²) >= 11 is 0. The van der Waals surface area contributed by atoms with Crippen molar-refractivity contribution in [3.05, 3.63) is 17.5 Å². The number of aromatic amines is 1. The minimum Gasteiger partial charge on any atom is -0.304 e. The molecule has 0 aromatic carbocycles. The van der Waals surface area contributed by atoms with Gasteiger partial charge in [0.2, 0.25) is 0 Å². The highest BCUT2D eigenvalue weighted by molar-refractivity contribution is 5.14. The Morgan fingerprint density at radius 1 is 1.64 bits per heavy atom. The third kappa shape index (κ3) is 2.46. The van der Waals surface area contributed by atoms with Gasteiger partial charge in [-0.1, -0.05) is 6.92 Å². The van der Waals surface area contributed by atoms with Crippen molar-refractivity contribution in [3.63, 3.8) is 0 Å². The van der Waals surface area contributed by atoms with Gasteiger partial charge in [-0.05, 0) is 6.07 Å². The molecule has 0 fully saturated rings. The Morgan fingerprint density at radius 3 is 2.71 bits per heavy atom. The molecule has 3 N–H and O–H groups in total. The summed E-state index contributed by atoms with van der Waals surface area (Å²) in [5.41, 5.74) is -0.584. The SMILES string of the molecule is CC(CON)c1cc(C(F)(F)F)n[nH]1. The van der Waals surface area contributed by atoms with Crippen molar-refractivity contribution >= 4 is 0 Å². The molecule has 0 saturated carbocycles. The monoisotopic (exact) mass is 209 g/mol. The van der Waals surface area contributed by atoms with Crippen LogP contribution in [0.25, 0.3) is 0 Å². The van der Waals surface area contributed by atoms with Crippen molar-refractivity contribution in [2.45, 2.75) is 19.0 Å². The predicted molar refractivity (Wildman–Crippen MR) is 42.1 cm³/mol. The first kappa shape index (κ1) is 11.0. The van der Waals surface area contributed by atoms with Crippen molar-refractivity contribution in [1.29, 1.82) is 0 Å². The van der Waals surface area contributed by atoms with Gasteiger partial charge in [-0.3, -0.25) is 5.10 Å². The van der Waals surface area contributed by atoms with Crippen LogP contribution < -0.4 is 5.90 Å². The van der Waals surface area contributed by atoms with E-state index in [0.29, 0.717) is 5.69 Å². The molecular weight excluding hydrogens is 199 g/mol. The van der Waals surface area contributed by atoms with Crippen LogP contribution in [0.15, 0.2) is 6.07 Å². The molecule has 1 aromatic heterocycles. The fourth-order valence-corrected chi connectivity index (χ4v) is 0.968. The van der Waals surface area contributed by atoms with Crippen LogP contribution in [0.3, 0.4) is 0 Å². The van der Waals surface area contributed by atoms with E-state index >= 15 is 0 Å². The Bertz CT molecular complexity index is 297.